The van der Waals surface area contributed by atoms with Crippen molar-refractivity contribution < 1.29 is 46.8 Å². The molecule has 1 aromatic carbocycles. The van der Waals surface area contributed by atoms with E-state index in [4.69, 9.17) is 10.00 Å². The summed E-state index contributed by atoms with van der Waals surface area (Å²) in [4.78, 5) is 12.3. The van der Waals surface area contributed by atoms with Crippen LogP contribution < -0.4 is 9.30 Å². The van der Waals surface area contributed by atoms with Gasteiger partial charge in [0.25, 0.3) is 0 Å². The topological polar surface area (TPSA) is 54.0 Å². The van der Waals surface area contributed by atoms with Gasteiger partial charge >= 0.3 is 0 Å². The molecule has 1 heterocycles. The van der Waals surface area contributed by atoms with Crippen molar-refractivity contribution in [1.29, 1.82) is 5.26 Å². The Labute approximate surface area is 162 Å². The third-order valence-electron chi connectivity index (χ3n) is 3.64. The SMILES string of the molecule is COc1cc(C#N)c[n+](CC(=O)Cc2c(C)cccc2C)c1.[Y]. The molecular weight excluding hydrogens is 365 g/mol. The number of aromatic nitrogens is 1. The average molecular weight is 384 g/mol. The number of carbonyl (C=O) groups is 1. The van der Waals surface area contributed by atoms with Crippen LogP contribution in [0.2, 0.25) is 0 Å². The van der Waals surface area contributed by atoms with E-state index < -0.39 is 0 Å². The van der Waals surface area contributed by atoms with Crippen molar-refractivity contribution >= 4 is 5.78 Å². The van der Waals surface area contributed by atoms with E-state index in [2.05, 4.69) is 6.07 Å². The van der Waals surface area contributed by atoms with E-state index in [1.54, 1.807) is 30.1 Å². The minimum Gasteiger partial charge on any atom is -0.491 e. The van der Waals surface area contributed by atoms with E-state index in [9.17, 15) is 4.79 Å². The summed E-state index contributed by atoms with van der Waals surface area (Å²) in [6, 6.07) is 9.74. The van der Waals surface area contributed by atoms with Gasteiger partial charge in [-0.3, -0.25) is 4.79 Å². The first-order chi connectivity index (χ1) is 10.5. The summed E-state index contributed by atoms with van der Waals surface area (Å²) in [6.07, 6.45) is 3.78. The molecule has 1 aromatic heterocycles. The Bertz CT molecular complexity index is 731. The first kappa shape index (κ1) is 19.5. The Morgan fingerprint density at radius 1 is 1.26 bits per heavy atom. The summed E-state index contributed by atoms with van der Waals surface area (Å²) in [7, 11) is 1.54. The van der Waals surface area contributed by atoms with E-state index in [0.29, 0.717) is 17.7 Å². The monoisotopic (exact) mass is 384 g/mol. The second-order valence-electron chi connectivity index (χ2n) is 5.33. The zero-order valence-corrected chi connectivity index (χ0v) is 16.5. The molecule has 0 amide bonds. The molecule has 0 atom stereocenters. The second kappa shape index (κ2) is 8.91. The van der Waals surface area contributed by atoms with Gasteiger partial charge in [0.1, 0.15) is 11.6 Å². The number of aryl methyl sites for hydroxylation is 2. The Kier molecular flexibility index (Phi) is 7.54. The fourth-order valence-corrected chi connectivity index (χ4v) is 2.46. The summed E-state index contributed by atoms with van der Waals surface area (Å²) in [5, 5.41) is 9.02. The predicted molar refractivity (Wildman–Crippen MR) is 82.5 cm³/mol. The van der Waals surface area contributed by atoms with Gasteiger partial charge in [-0.15, -0.1) is 0 Å². The molecule has 0 aliphatic carbocycles. The first-order valence-electron chi connectivity index (χ1n) is 7.08. The number of pyridine rings is 1. The summed E-state index contributed by atoms with van der Waals surface area (Å²) >= 11 is 0. The molecule has 1 radical (unpaired) electrons. The maximum atomic E-state index is 12.3. The molecule has 0 N–H and O–H groups in total. The van der Waals surface area contributed by atoms with Crippen LogP contribution in [0, 0.1) is 25.2 Å². The van der Waals surface area contributed by atoms with Gasteiger partial charge in [0, 0.05) is 45.2 Å². The van der Waals surface area contributed by atoms with E-state index in [1.165, 1.54) is 0 Å². The zero-order chi connectivity index (χ0) is 16.1. The van der Waals surface area contributed by atoms with E-state index in [0.717, 1.165) is 16.7 Å². The smallest absolute Gasteiger partial charge is 0.211 e. The van der Waals surface area contributed by atoms with Crippen LogP contribution in [0.5, 0.6) is 5.75 Å². The van der Waals surface area contributed by atoms with Gasteiger partial charge in [-0.2, -0.15) is 9.83 Å². The molecule has 0 unspecified atom stereocenters. The quantitative estimate of drug-likeness (QED) is 0.744. The zero-order valence-electron chi connectivity index (χ0n) is 13.7. The van der Waals surface area contributed by atoms with Crippen molar-refractivity contribution in [1.82, 2.24) is 0 Å². The molecule has 23 heavy (non-hydrogen) atoms. The van der Waals surface area contributed by atoms with E-state index >= 15 is 0 Å². The average Bonchev–Trinajstić information content (AvgIpc) is 2.50. The minimum atomic E-state index is 0. The number of Topliss-reactive ketones (excluding diaryl/α,β-unsaturated/α-hetero) is 1. The normalized spacial score (nSPS) is 9.65. The number of benzene rings is 1. The van der Waals surface area contributed by atoms with Crippen LogP contribution in [-0.4, -0.2) is 12.9 Å². The van der Waals surface area contributed by atoms with Crippen molar-refractivity contribution in [3.63, 3.8) is 0 Å². The Morgan fingerprint density at radius 3 is 2.48 bits per heavy atom. The second-order valence-corrected chi connectivity index (χ2v) is 5.33. The fraction of sp³-hybridized carbons (Fsp3) is 0.278. The van der Waals surface area contributed by atoms with Gasteiger partial charge in [-0.05, 0) is 30.5 Å². The van der Waals surface area contributed by atoms with Crippen molar-refractivity contribution in [2.75, 3.05) is 7.11 Å². The van der Waals surface area contributed by atoms with Gasteiger partial charge in [-0.1, -0.05) is 18.2 Å². The number of methoxy groups -OCH3 is 1. The molecule has 0 bridgehead atoms. The largest absolute Gasteiger partial charge is 0.491 e. The summed E-state index contributed by atoms with van der Waals surface area (Å²) in [5.74, 6) is 0.665. The molecule has 5 heteroatoms. The van der Waals surface area contributed by atoms with Crippen molar-refractivity contribution in [2.24, 2.45) is 0 Å². The van der Waals surface area contributed by atoms with Crippen LogP contribution in [0.15, 0.2) is 36.7 Å². The molecule has 0 spiro atoms. The maximum absolute atomic E-state index is 12.3. The van der Waals surface area contributed by atoms with Gasteiger partial charge in [0.05, 0.1) is 7.11 Å². The Balaban J connectivity index is 0.00000264. The van der Waals surface area contributed by atoms with Gasteiger partial charge in [0.15, 0.2) is 11.9 Å². The number of ether oxygens (including phenoxy) is 1. The molecule has 0 aliphatic rings. The molecule has 0 saturated heterocycles. The number of nitriles is 1. The molecular formula is C18H19N2O2Y+. The molecule has 4 nitrogen and oxygen atoms in total. The summed E-state index contributed by atoms with van der Waals surface area (Å²) in [6.45, 7) is 4.25. The molecule has 2 aromatic rings. The van der Waals surface area contributed by atoms with Crippen LogP contribution in [0.4, 0.5) is 0 Å². The van der Waals surface area contributed by atoms with Crippen LogP contribution in [-0.2, 0) is 50.5 Å². The third kappa shape index (κ3) is 5.23. The van der Waals surface area contributed by atoms with Crippen LogP contribution >= 0.6 is 0 Å². The number of ketones is 1. The van der Waals surface area contributed by atoms with Gasteiger partial charge in [0.2, 0.25) is 18.5 Å². The Hall–Kier alpha value is -1.57. The molecule has 0 aliphatic heterocycles. The fourth-order valence-electron chi connectivity index (χ4n) is 2.46. The molecule has 115 valence electrons. The van der Waals surface area contributed by atoms with Crippen molar-refractivity contribution in [3.8, 4) is 11.8 Å². The van der Waals surface area contributed by atoms with Crippen LogP contribution in [0.3, 0.4) is 0 Å². The predicted octanol–water partition coefficient (Wildman–Crippen LogP) is 2.28. The van der Waals surface area contributed by atoms with E-state index in [1.807, 2.05) is 32.0 Å². The number of hydrogen-bond acceptors (Lipinski definition) is 3. The summed E-state index contributed by atoms with van der Waals surface area (Å²) < 4.78 is 6.85. The number of rotatable bonds is 5. The van der Waals surface area contributed by atoms with Gasteiger partial charge < -0.3 is 4.74 Å². The number of carbonyl (C=O) groups excluding carboxylic acids is 1. The number of nitrogens with zero attached hydrogens (tertiary/aromatic N) is 2. The Morgan fingerprint density at radius 2 is 1.91 bits per heavy atom. The standard InChI is InChI=1S/C18H19N2O2.Y/c1-13-5-4-6-14(2)18(13)8-16(21)11-20-10-15(9-19)7-17(12-20)22-3;/h4-7,10,12H,8,11H2,1-3H3;/q+1;. The molecule has 0 saturated carbocycles. The van der Waals surface area contributed by atoms with Crippen LogP contribution in [0.25, 0.3) is 0 Å². The van der Waals surface area contributed by atoms with Gasteiger partial charge in [-0.25, -0.2) is 0 Å². The van der Waals surface area contributed by atoms with E-state index in [-0.39, 0.29) is 45.0 Å². The molecule has 2 rings (SSSR count). The summed E-state index contributed by atoms with van der Waals surface area (Å²) in [5.41, 5.74) is 3.80. The molecule has 0 fully saturated rings. The number of hydrogen-bond donors (Lipinski definition) is 0. The van der Waals surface area contributed by atoms with Crippen molar-refractivity contribution in [3.05, 3.63) is 58.9 Å². The third-order valence-corrected chi connectivity index (χ3v) is 3.64. The minimum absolute atomic E-state index is 0. The van der Waals surface area contributed by atoms with Crippen molar-refractivity contribution in [2.45, 2.75) is 26.8 Å². The van der Waals surface area contributed by atoms with Crippen LogP contribution in [0.1, 0.15) is 22.3 Å². The first-order valence-corrected chi connectivity index (χ1v) is 7.08. The maximum Gasteiger partial charge on any atom is 0.211 e.